The van der Waals surface area contributed by atoms with E-state index in [9.17, 15) is 9.59 Å². The zero-order valence-corrected chi connectivity index (χ0v) is 18.9. The van der Waals surface area contributed by atoms with Gasteiger partial charge in [0.15, 0.2) is 0 Å². The van der Waals surface area contributed by atoms with E-state index in [0.717, 1.165) is 5.69 Å². The second-order valence-electron chi connectivity index (χ2n) is 9.59. The lowest BCUT2D eigenvalue weighted by Crippen LogP contribution is -2.35. The standard InChI is InChI=1S/C26H28N2O3/c1-25(2,3)20-16-21(22(26(4,5)6)24(30)23(20)29)31-19-14-12-18(13-15-19)28-27-17-10-8-7-9-11-17/h7-16H,1-6H3. The zero-order chi connectivity index (χ0) is 22.8. The molecule has 5 heteroatoms. The molecule has 0 aromatic heterocycles. The summed E-state index contributed by atoms with van der Waals surface area (Å²) in [6.07, 6.45) is 1.72. The smallest absolute Gasteiger partial charge is 0.233 e. The maximum Gasteiger partial charge on any atom is 0.233 e. The first-order chi connectivity index (χ1) is 14.5. The van der Waals surface area contributed by atoms with Crippen LogP contribution in [0.5, 0.6) is 5.75 Å². The van der Waals surface area contributed by atoms with Gasteiger partial charge in [-0.3, -0.25) is 9.59 Å². The molecule has 1 aliphatic rings. The molecule has 0 bridgehead atoms. The number of carbonyl (C=O) groups is 2. The number of ether oxygens (including phenoxy) is 1. The van der Waals surface area contributed by atoms with E-state index in [1.807, 2.05) is 71.9 Å². The maximum atomic E-state index is 12.9. The normalized spacial score (nSPS) is 15.5. The summed E-state index contributed by atoms with van der Waals surface area (Å²) in [4.78, 5) is 25.7. The quantitative estimate of drug-likeness (QED) is 0.309. The van der Waals surface area contributed by atoms with Crippen molar-refractivity contribution in [3.8, 4) is 5.75 Å². The van der Waals surface area contributed by atoms with Gasteiger partial charge in [0.05, 0.1) is 16.9 Å². The average molecular weight is 417 g/mol. The Labute approximate surface area is 183 Å². The minimum atomic E-state index is -0.536. The summed E-state index contributed by atoms with van der Waals surface area (Å²) in [5, 5.41) is 8.44. The Balaban J connectivity index is 1.92. The van der Waals surface area contributed by atoms with E-state index in [1.165, 1.54) is 0 Å². The van der Waals surface area contributed by atoms with E-state index in [-0.39, 0.29) is 0 Å². The summed E-state index contributed by atoms with van der Waals surface area (Å²) in [6.45, 7) is 11.4. The molecule has 31 heavy (non-hydrogen) atoms. The van der Waals surface area contributed by atoms with Crippen LogP contribution in [-0.2, 0) is 9.59 Å². The van der Waals surface area contributed by atoms with E-state index in [4.69, 9.17) is 4.74 Å². The third-order valence-electron chi connectivity index (χ3n) is 4.86. The van der Waals surface area contributed by atoms with Gasteiger partial charge >= 0.3 is 0 Å². The monoisotopic (exact) mass is 416 g/mol. The van der Waals surface area contributed by atoms with Gasteiger partial charge in [0.2, 0.25) is 11.6 Å². The van der Waals surface area contributed by atoms with Crippen LogP contribution in [0.3, 0.4) is 0 Å². The lowest BCUT2D eigenvalue weighted by molar-refractivity contribution is -0.133. The molecule has 0 aliphatic heterocycles. The first-order valence-electron chi connectivity index (χ1n) is 10.3. The van der Waals surface area contributed by atoms with Crippen LogP contribution in [0.25, 0.3) is 0 Å². The third-order valence-corrected chi connectivity index (χ3v) is 4.86. The first-order valence-corrected chi connectivity index (χ1v) is 10.3. The number of Topliss-reactive ketones (excluding diaryl/α,β-unsaturated/α-hetero) is 2. The van der Waals surface area contributed by atoms with E-state index in [0.29, 0.717) is 28.3 Å². The predicted octanol–water partition coefficient (Wildman–Crippen LogP) is 6.91. The highest BCUT2D eigenvalue weighted by Gasteiger charge is 2.40. The minimum Gasteiger partial charge on any atom is -0.457 e. The van der Waals surface area contributed by atoms with Crippen molar-refractivity contribution in [2.24, 2.45) is 21.1 Å². The lowest BCUT2D eigenvalue weighted by atomic mass is 9.73. The number of allylic oxidation sites excluding steroid dienone is 3. The number of hydrogen-bond donors (Lipinski definition) is 0. The molecule has 0 fully saturated rings. The second-order valence-corrected chi connectivity index (χ2v) is 9.59. The number of azo groups is 1. The fraction of sp³-hybridized carbons (Fsp3) is 0.308. The maximum absolute atomic E-state index is 12.9. The summed E-state index contributed by atoms with van der Waals surface area (Å²) < 4.78 is 6.11. The zero-order valence-electron chi connectivity index (χ0n) is 18.9. The van der Waals surface area contributed by atoms with Crippen molar-refractivity contribution >= 4 is 22.9 Å². The van der Waals surface area contributed by atoms with Crippen LogP contribution >= 0.6 is 0 Å². The number of nitrogens with zero attached hydrogens (tertiary/aromatic N) is 2. The van der Waals surface area contributed by atoms with E-state index in [1.54, 1.807) is 30.3 Å². The van der Waals surface area contributed by atoms with Gasteiger partial charge in [0.1, 0.15) is 11.5 Å². The van der Waals surface area contributed by atoms with Crippen LogP contribution in [-0.4, -0.2) is 11.6 Å². The fourth-order valence-corrected chi connectivity index (χ4v) is 3.28. The summed E-state index contributed by atoms with van der Waals surface area (Å²) >= 11 is 0. The average Bonchev–Trinajstić information content (AvgIpc) is 2.69. The van der Waals surface area contributed by atoms with Gasteiger partial charge in [0, 0.05) is 5.57 Å². The van der Waals surface area contributed by atoms with Gasteiger partial charge in [-0.1, -0.05) is 59.7 Å². The number of hydrogen-bond acceptors (Lipinski definition) is 5. The third kappa shape index (κ3) is 5.23. The number of ketones is 2. The Kier molecular flexibility index (Phi) is 6.07. The molecule has 0 amide bonds. The highest BCUT2D eigenvalue weighted by Crippen LogP contribution is 2.39. The van der Waals surface area contributed by atoms with Crippen molar-refractivity contribution < 1.29 is 14.3 Å². The summed E-state index contributed by atoms with van der Waals surface area (Å²) in [5.74, 6) is 0.0207. The van der Waals surface area contributed by atoms with Gasteiger partial charge in [-0.05, 0) is 53.3 Å². The molecule has 0 saturated carbocycles. The van der Waals surface area contributed by atoms with Crippen molar-refractivity contribution in [2.45, 2.75) is 41.5 Å². The highest BCUT2D eigenvalue weighted by atomic mass is 16.5. The molecule has 0 heterocycles. The topological polar surface area (TPSA) is 68.1 Å². The SMILES string of the molecule is CC(C)(C)C1=CC(Oc2ccc(N=Nc3ccccc3)cc2)=C(C(C)(C)C)C(=O)C1=O. The second kappa shape index (κ2) is 8.42. The summed E-state index contributed by atoms with van der Waals surface area (Å²) in [5.41, 5.74) is 1.29. The molecule has 0 radical (unpaired) electrons. The van der Waals surface area contributed by atoms with Crippen molar-refractivity contribution in [2.75, 3.05) is 0 Å². The molecule has 0 atom stereocenters. The van der Waals surface area contributed by atoms with Crippen LogP contribution in [0.2, 0.25) is 0 Å². The van der Waals surface area contributed by atoms with Crippen molar-refractivity contribution in [3.05, 3.63) is 77.6 Å². The molecular weight excluding hydrogens is 388 g/mol. The molecule has 2 aromatic carbocycles. The predicted molar refractivity (Wildman–Crippen MR) is 122 cm³/mol. The molecule has 0 N–H and O–H groups in total. The Morgan fingerprint density at radius 1 is 0.677 bits per heavy atom. The molecular formula is C26H28N2O3. The van der Waals surface area contributed by atoms with Crippen LogP contribution < -0.4 is 4.74 Å². The fourth-order valence-electron chi connectivity index (χ4n) is 3.28. The van der Waals surface area contributed by atoms with Gasteiger partial charge in [0.25, 0.3) is 0 Å². The van der Waals surface area contributed by atoms with Crippen molar-refractivity contribution in [1.82, 2.24) is 0 Å². The Morgan fingerprint density at radius 2 is 1.23 bits per heavy atom. The molecule has 1 aliphatic carbocycles. The molecule has 0 unspecified atom stereocenters. The van der Waals surface area contributed by atoms with Crippen LogP contribution in [0.4, 0.5) is 11.4 Å². The summed E-state index contributed by atoms with van der Waals surface area (Å²) in [7, 11) is 0. The van der Waals surface area contributed by atoms with Gasteiger partial charge < -0.3 is 4.74 Å². The van der Waals surface area contributed by atoms with E-state index >= 15 is 0 Å². The molecule has 5 nitrogen and oxygen atoms in total. The van der Waals surface area contributed by atoms with Gasteiger partial charge in [-0.25, -0.2) is 0 Å². The van der Waals surface area contributed by atoms with E-state index < -0.39 is 22.4 Å². The summed E-state index contributed by atoms with van der Waals surface area (Å²) in [6, 6.07) is 16.6. The Hall–Kier alpha value is -3.34. The van der Waals surface area contributed by atoms with Crippen LogP contribution in [0.15, 0.2) is 87.8 Å². The molecule has 0 spiro atoms. The molecule has 160 valence electrons. The van der Waals surface area contributed by atoms with Crippen molar-refractivity contribution in [3.63, 3.8) is 0 Å². The Morgan fingerprint density at radius 3 is 1.74 bits per heavy atom. The lowest BCUT2D eigenvalue weighted by Gasteiger charge is -2.31. The number of carbonyl (C=O) groups excluding carboxylic acids is 2. The Bertz CT molecular complexity index is 1080. The molecule has 3 rings (SSSR count). The molecule has 0 saturated heterocycles. The number of benzene rings is 2. The van der Waals surface area contributed by atoms with Crippen molar-refractivity contribution in [1.29, 1.82) is 0 Å². The van der Waals surface area contributed by atoms with Gasteiger partial charge in [-0.15, -0.1) is 0 Å². The van der Waals surface area contributed by atoms with Gasteiger partial charge in [-0.2, -0.15) is 10.2 Å². The molecule has 2 aromatic rings. The van der Waals surface area contributed by atoms with Crippen LogP contribution in [0, 0.1) is 10.8 Å². The van der Waals surface area contributed by atoms with Crippen LogP contribution in [0.1, 0.15) is 41.5 Å². The minimum absolute atomic E-state index is 0.387. The van der Waals surface area contributed by atoms with E-state index in [2.05, 4.69) is 10.2 Å². The largest absolute Gasteiger partial charge is 0.457 e. The first kappa shape index (κ1) is 22.3. The highest BCUT2D eigenvalue weighted by molar-refractivity contribution is 6.50. The number of rotatable bonds is 4.